The maximum absolute atomic E-state index is 13.3. The van der Waals surface area contributed by atoms with Gasteiger partial charge in [0.1, 0.15) is 6.33 Å². The summed E-state index contributed by atoms with van der Waals surface area (Å²) in [4.78, 5) is 33.7. The van der Waals surface area contributed by atoms with Crippen molar-refractivity contribution in [1.29, 1.82) is 0 Å². The highest BCUT2D eigenvalue weighted by atomic mass is 35.5. The number of H-pyrrole nitrogens is 2. The molecule has 2 N–H and O–H groups in total. The predicted molar refractivity (Wildman–Crippen MR) is 94.0 cm³/mol. The van der Waals surface area contributed by atoms with Gasteiger partial charge in [-0.15, -0.1) is 0 Å². The molecule has 1 saturated carbocycles. The van der Waals surface area contributed by atoms with E-state index in [0.717, 1.165) is 6.42 Å². The summed E-state index contributed by atoms with van der Waals surface area (Å²) in [5.74, 6) is 1.30. The van der Waals surface area contributed by atoms with Crippen molar-refractivity contribution in [3.8, 4) is 0 Å². The SMILES string of the molecule is O=C(c1ncn2cc(Cl)ccc12)N1CCC(C2CC2)C1c1n[nH]c(=O)[nH]1. The third kappa shape index (κ3) is 2.44. The Balaban J connectivity index is 1.54. The lowest BCUT2D eigenvalue weighted by molar-refractivity contribution is 0.0701. The molecule has 1 aliphatic carbocycles. The van der Waals surface area contributed by atoms with Gasteiger partial charge in [0.05, 0.1) is 16.6 Å². The average molecular weight is 373 g/mol. The number of halogens is 1. The molecule has 9 heteroatoms. The molecule has 2 aliphatic rings. The van der Waals surface area contributed by atoms with Crippen LogP contribution in [0.1, 0.15) is 41.6 Å². The third-order valence-corrected chi connectivity index (χ3v) is 5.65. The van der Waals surface area contributed by atoms with Gasteiger partial charge in [-0.2, -0.15) is 5.10 Å². The van der Waals surface area contributed by atoms with Crippen LogP contribution in [-0.4, -0.2) is 41.9 Å². The molecule has 2 fully saturated rings. The Morgan fingerprint density at radius 3 is 2.85 bits per heavy atom. The zero-order chi connectivity index (χ0) is 17.8. The molecule has 0 radical (unpaired) electrons. The van der Waals surface area contributed by atoms with Crippen molar-refractivity contribution >= 4 is 23.0 Å². The van der Waals surface area contributed by atoms with Gasteiger partial charge in [-0.3, -0.25) is 9.78 Å². The molecule has 0 spiro atoms. The normalized spacial score (nSPS) is 23.0. The number of rotatable bonds is 3. The monoisotopic (exact) mass is 372 g/mol. The summed E-state index contributed by atoms with van der Waals surface area (Å²) in [6.07, 6.45) is 6.57. The number of pyridine rings is 1. The van der Waals surface area contributed by atoms with E-state index in [-0.39, 0.29) is 17.6 Å². The number of aromatic amines is 2. The highest BCUT2D eigenvalue weighted by molar-refractivity contribution is 6.30. The summed E-state index contributed by atoms with van der Waals surface area (Å²) in [5, 5.41) is 7.12. The van der Waals surface area contributed by atoms with Gasteiger partial charge < -0.3 is 9.30 Å². The molecule has 134 valence electrons. The van der Waals surface area contributed by atoms with E-state index in [1.54, 1.807) is 34.0 Å². The first-order valence-electron chi connectivity index (χ1n) is 8.69. The molecule has 3 aromatic heterocycles. The zero-order valence-corrected chi connectivity index (χ0v) is 14.6. The number of imidazole rings is 1. The Morgan fingerprint density at radius 1 is 1.27 bits per heavy atom. The molecular weight excluding hydrogens is 356 g/mol. The van der Waals surface area contributed by atoms with Gasteiger partial charge in [0.25, 0.3) is 5.91 Å². The van der Waals surface area contributed by atoms with Crippen molar-refractivity contribution in [2.75, 3.05) is 6.54 Å². The van der Waals surface area contributed by atoms with Gasteiger partial charge in [-0.25, -0.2) is 14.9 Å². The number of amides is 1. The molecule has 2 unspecified atom stereocenters. The topological polar surface area (TPSA) is 99.2 Å². The number of hydrogen-bond donors (Lipinski definition) is 2. The lowest BCUT2D eigenvalue weighted by Crippen LogP contribution is -2.33. The molecule has 0 aromatic carbocycles. The van der Waals surface area contributed by atoms with Gasteiger partial charge in [-0.05, 0) is 43.2 Å². The number of nitrogens with zero attached hydrogens (tertiary/aromatic N) is 4. The van der Waals surface area contributed by atoms with E-state index in [1.807, 2.05) is 0 Å². The second-order valence-corrected chi connectivity index (χ2v) is 7.47. The summed E-state index contributed by atoms with van der Waals surface area (Å²) in [7, 11) is 0. The van der Waals surface area contributed by atoms with E-state index in [4.69, 9.17) is 11.6 Å². The fraction of sp³-hybridized carbons (Fsp3) is 0.412. The highest BCUT2D eigenvalue weighted by Crippen LogP contribution is 2.49. The summed E-state index contributed by atoms with van der Waals surface area (Å²) in [6.45, 7) is 0.631. The summed E-state index contributed by atoms with van der Waals surface area (Å²) in [5.41, 5.74) is 0.750. The van der Waals surface area contributed by atoms with Crippen molar-refractivity contribution < 1.29 is 4.79 Å². The van der Waals surface area contributed by atoms with Crippen molar-refractivity contribution in [2.45, 2.75) is 25.3 Å². The van der Waals surface area contributed by atoms with E-state index >= 15 is 0 Å². The van der Waals surface area contributed by atoms with Crippen LogP contribution < -0.4 is 5.69 Å². The summed E-state index contributed by atoms with van der Waals surface area (Å²) in [6, 6.07) is 3.32. The molecule has 4 heterocycles. The Kier molecular flexibility index (Phi) is 3.43. The third-order valence-electron chi connectivity index (χ3n) is 5.43. The Labute approximate surface area is 153 Å². The molecule has 0 bridgehead atoms. The van der Waals surface area contributed by atoms with Crippen LogP contribution in [-0.2, 0) is 0 Å². The van der Waals surface area contributed by atoms with Crippen molar-refractivity contribution in [2.24, 2.45) is 11.8 Å². The smallest absolute Gasteiger partial charge is 0.327 e. The quantitative estimate of drug-likeness (QED) is 0.734. The maximum Gasteiger partial charge on any atom is 0.340 e. The van der Waals surface area contributed by atoms with Gasteiger partial charge in [0.15, 0.2) is 11.5 Å². The number of likely N-dealkylation sites (tertiary alicyclic amines) is 1. The largest absolute Gasteiger partial charge is 0.340 e. The second kappa shape index (κ2) is 5.70. The molecule has 1 saturated heterocycles. The number of carbonyl (C=O) groups is 1. The number of fused-ring (bicyclic) bond motifs is 1. The molecule has 1 amide bonds. The van der Waals surface area contributed by atoms with Crippen LogP contribution in [0, 0.1) is 11.8 Å². The van der Waals surface area contributed by atoms with E-state index in [2.05, 4.69) is 20.2 Å². The van der Waals surface area contributed by atoms with Gasteiger partial charge in [0.2, 0.25) is 0 Å². The van der Waals surface area contributed by atoms with Crippen LogP contribution in [0.5, 0.6) is 0 Å². The summed E-state index contributed by atoms with van der Waals surface area (Å²) >= 11 is 6.01. The van der Waals surface area contributed by atoms with Crippen LogP contribution >= 0.6 is 11.6 Å². The van der Waals surface area contributed by atoms with Crippen molar-refractivity contribution in [1.82, 2.24) is 29.5 Å². The highest BCUT2D eigenvalue weighted by Gasteiger charge is 2.47. The van der Waals surface area contributed by atoms with Crippen molar-refractivity contribution in [3.05, 3.63) is 51.7 Å². The predicted octanol–water partition coefficient (Wildman–Crippen LogP) is 2.01. The van der Waals surface area contributed by atoms with Gasteiger partial charge in [-0.1, -0.05) is 11.6 Å². The fourth-order valence-electron chi connectivity index (χ4n) is 4.11. The van der Waals surface area contributed by atoms with E-state index in [1.165, 1.54) is 12.8 Å². The van der Waals surface area contributed by atoms with Crippen molar-refractivity contribution in [3.63, 3.8) is 0 Å². The lowest BCUT2D eigenvalue weighted by Gasteiger charge is -2.26. The number of aromatic nitrogens is 5. The van der Waals surface area contributed by atoms with Gasteiger partial charge >= 0.3 is 5.69 Å². The standard InChI is InChI=1S/C17H17ClN6O2/c18-10-3-4-12-13(19-8-23(12)7-10)16(25)24-6-5-11(9-1-2-9)14(24)15-20-17(26)22-21-15/h3-4,7-9,11,14H,1-2,5-6H2,(H2,20,21,22,26). The minimum Gasteiger partial charge on any atom is -0.327 e. The molecule has 5 rings (SSSR count). The lowest BCUT2D eigenvalue weighted by atomic mass is 9.94. The van der Waals surface area contributed by atoms with Crippen LogP contribution in [0.15, 0.2) is 29.5 Å². The second-order valence-electron chi connectivity index (χ2n) is 7.03. The maximum atomic E-state index is 13.3. The Hall–Kier alpha value is -2.61. The Bertz CT molecular complexity index is 1050. The summed E-state index contributed by atoms with van der Waals surface area (Å²) < 4.78 is 1.75. The van der Waals surface area contributed by atoms with Crippen LogP contribution in [0.2, 0.25) is 5.02 Å². The first-order chi connectivity index (χ1) is 12.6. The Morgan fingerprint density at radius 2 is 2.12 bits per heavy atom. The molecule has 26 heavy (non-hydrogen) atoms. The molecule has 8 nitrogen and oxygen atoms in total. The molecular formula is C17H17ClN6O2. The minimum absolute atomic E-state index is 0.146. The van der Waals surface area contributed by atoms with Crippen LogP contribution in [0.3, 0.4) is 0 Å². The van der Waals surface area contributed by atoms with E-state index in [0.29, 0.717) is 40.4 Å². The number of carbonyl (C=O) groups excluding carboxylic acids is 1. The number of nitrogens with one attached hydrogen (secondary N) is 2. The van der Waals surface area contributed by atoms with E-state index in [9.17, 15) is 9.59 Å². The first kappa shape index (κ1) is 15.6. The molecule has 1 aliphatic heterocycles. The molecule has 3 aromatic rings. The number of hydrogen-bond acceptors (Lipinski definition) is 4. The fourth-order valence-corrected chi connectivity index (χ4v) is 4.28. The van der Waals surface area contributed by atoms with Crippen LogP contribution in [0.25, 0.3) is 5.52 Å². The van der Waals surface area contributed by atoms with Crippen LogP contribution in [0.4, 0.5) is 0 Å². The zero-order valence-electron chi connectivity index (χ0n) is 13.9. The molecule has 2 atom stereocenters. The average Bonchev–Trinajstić information content (AvgIpc) is 3.05. The first-order valence-corrected chi connectivity index (χ1v) is 9.07. The minimum atomic E-state index is -0.351. The van der Waals surface area contributed by atoms with Gasteiger partial charge in [0, 0.05) is 12.7 Å². The van der Waals surface area contributed by atoms with E-state index < -0.39 is 0 Å².